The van der Waals surface area contributed by atoms with Crippen LogP contribution in [-0.2, 0) is 22.4 Å². The maximum Gasteiger partial charge on any atom is 0.230 e. The number of nitrogens with zero attached hydrogens (tertiary/aromatic N) is 4. The van der Waals surface area contributed by atoms with E-state index >= 15 is 0 Å². The van der Waals surface area contributed by atoms with Gasteiger partial charge in [-0.25, -0.2) is 9.97 Å². The number of nitrogens with one attached hydrogen (secondary N) is 2. The number of anilines is 1. The molecule has 33 heavy (non-hydrogen) atoms. The van der Waals surface area contributed by atoms with Gasteiger partial charge in [0.1, 0.15) is 11.2 Å². The van der Waals surface area contributed by atoms with Crippen LogP contribution in [-0.4, -0.2) is 50.8 Å². The number of amides is 1. The summed E-state index contributed by atoms with van der Waals surface area (Å²) < 4.78 is 5.47. The zero-order valence-electron chi connectivity index (χ0n) is 20.1. The van der Waals surface area contributed by atoms with Crippen LogP contribution in [0.3, 0.4) is 0 Å². The van der Waals surface area contributed by atoms with Crippen molar-refractivity contribution in [3.8, 4) is 11.5 Å². The Hall–Kier alpha value is -2.74. The highest BCUT2D eigenvalue weighted by Gasteiger charge is 2.31. The zero-order chi connectivity index (χ0) is 23.2. The van der Waals surface area contributed by atoms with Crippen LogP contribution in [0.4, 0.5) is 5.69 Å². The summed E-state index contributed by atoms with van der Waals surface area (Å²) >= 11 is 0. The number of hydrogen-bond acceptors (Lipinski definition) is 5. The van der Waals surface area contributed by atoms with Gasteiger partial charge >= 0.3 is 0 Å². The van der Waals surface area contributed by atoms with Crippen molar-refractivity contribution in [3.05, 3.63) is 23.5 Å². The topological polar surface area (TPSA) is 99.8 Å². The molecule has 1 atom stereocenters. The number of aromatic nitrogens is 5. The average molecular weight is 451 g/mol. The first-order chi connectivity index (χ1) is 15.9. The monoisotopic (exact) mass is 450 g/mol. The van der Waals surface area contributed by atoms with Gasteiger partial charge in [0.15, 0.2) is 11.5 Å². The third kappa shape index (κ3) is 4.16. The van der Waals surface area contributed by atoms with E-state index in [2.05, 4.69) is 34.0 Å². The number of imidazole rings is 1. The molecule has 2 N–H and O–H groups in total. The van der Waals surface area contributed by atoms with E-state index in [-0.39, 0.29) is 11.8 Å². The summed E-state index contributed by atoms with van der Waals surface area (Å²) in [7, 11) is 0. The van der Waals surface area contributed by atoms with Crippen LogP contribution < -0.4 is 4.90 Å². The quantitative estimate of drug-likeness (QED) is 0.604. The Balaban J connectivity index is 1.41. The van der Waals surface area contributed by atoms with E-state index in [1.54, 1.807) is 6.20 Å². The molecule has 0 radical (unpaired) electrons. The highest BCUT2D eigenvalue weighted by atomic mass is 16.5. The van der Waals surface area contributed by atoms with Crippen molar-refractivity contribution in [2.24, 2.45) is 17.3 Å². The molecule has 0 saturated carbocycles. The molecule has 0 spiro atoms. The minimum atomic E-state index is -0.0425. The molecule has 1 amide bonds. The van der Waals surface area contributed by atoms with Crippen LogP contribution in [0.1, 0.15) is 58.2 Å². The Morgan fingerprint density at radius 1 is 1.33 bits per heavy atom. The summed E-state index contributed by atoms with van der Waals surface area (Å²) in [6.07, 6.45) is 6.77. The Labute approximate surface area is 194 Å². The van der Waals surface area contributed by atoms with Crippen molar-refractivity contribution in [3.63, 3.8) is 0 Å². The Kier molecular flexibility index (Phi) is 5.72. The Morgan fingerprint density at radius 3 is 2.88 bits per heavy atom. The van der Waals surface area contributed by atoms with E-state index < -0.39 is 0 Å². The number of hydrogen-bond donors (Lipinski definition) is 2. The molecule has 0 bridgehead atoms. The predicted molar refractivity (Wildman–Crippen MR) is 128 cm³/mol. The molecule has 3 aromatic rings. The number of fused-ring (bicyclic) bond motifs is 2. The number of aromatic amines is 2. The van der Waals surface area contributed by atoms with Gasteiger partial charge in [0, 0.05) is 36.9 Å². The number of pyridine rings is 1. The lowest BCUT2D eigenvalue weighted by molar-refractivity contribution is -0.124. The van der Waals surface area contributed by atoms with Crippen LogP contribution in [0.2, 0.25) is 0 Å². The van der Waals surface area contributed by atoms with Gasteiger partial charge in [-0.3, -0.25) is 9.89 Å². The lowest BCUT2D eigenvalue weighted by Crippen LogP contribution is -2.39. The number of H-pyrrole nitrogens is 2. The first-order valence-electron chi connectivity index (χ1n) is 12.2. The third-order valence-electron chi connectivity index (χ3n) is 7.46. The van der Waals surface area contributed by atoms with Gasteiger partial charge in [-0.2, -0.15) is 5.10 Å². The summed E-state index contributed by atoms with van der Waals surface area (Å²) in [4.78, 5) is 27.9. The second kappa shape index (κ2) is 8.56. The predicted octanol–water partition coefficient (Wildman–Crippen LogP) is 4.28. The fraction of sp³-hybridized carbons (Fsp3) is 0.600. The molecule has 5 rings (SSSR count). The first kappa shape index (κ1) is 22.1. The molecular weight excluding hydrogens is 416 g/mol. The van der Waals surface area contributed by atoms with Gasteiger partial charge in [-0.15, -0.1) is 0 Å². The highest BCUT2D eigenvalue weighted by molar-refractivity contribution is 5.96. The van der Waals surface area contributed by atoms with Crippen molar-refractivity contribution in [1.82, 2.24) is 25.1 Å². The van der Waals surface area contributed by atoms with Crippen LogP contribution in [0.25, 0.3) is 22.7 Å². The smallest absolute Gasteiger partial charge is 0.230 e. The van der Waals surface area contributed by atoms with Gasteiger partial charge in [0.2, 0.25) is 5.91 Å². The zero-order valence-corrected chi connectivity index (χ0v) is 20.1. The van der Waals surface area contributed by atoms with Gasteiger partial charge in [0.25, 0.3) is 0 Å². The number of rotatable bonds is 5. The molecule has 4 heterocycles. The Bertz CT molecular complexity index is 1160. The van der Waals surface area contributed by atoms with Crippen LogP contribution in [0, 0.1) is 17.3 Å². The average Bonchev–Trinajstić information content (AvgIpc) is 3.41. The largest absolute Gasteiger partial charge is 0.381 e. The second-order valence-electron chi connectivity index (χ2n) is 10.3. The van der Waals surface area contributed by atoms with Crippen molar-refractivity contribution in [2.45, 2.75) is 59.8 Å². The lowest BCUT2D eigenvalue weighted by atomic mass is 9.76. The van der Waals surface area contributed by atoms with Gasteiger partial charge in [-0.05, 0) is 56.4 Å². The second-order valence-corrected chi connectivity index (χ2v) is 10.3. The SMILES string of the molecule is CCN(C(=O)C(C)C1CCOCC1)c1cnc2[nH]c(-c3n[nH]c4c3CCC(C)(C)C4)nc2c1. The molecule has 8 heteroatoms. The standard InChI is InChI=1S/C25H34N6O2/c1-5-31(24(32)15(2)16-7-10-33-11-8-16)17-12-19-22(26-14-17)28-23(27-19)21-18-6-9-25(3,4)13-20(18)29-30-21/h12,14-16H,5-11,13H2,1-4H3,(H,29,30)(H,26,27,28). The van der Waals surface area contributed by atoms with Crippen molar-refractivity contribution in [2.75, 3.05) is 24.7 Å². The van der Waals surface area contributed by atoms with Crippen LogP contribution in [0.15, 0.2) is 12.3 Å². The summed E-state index contributed by atoms with van der Waals surface area (Å²) in [5.74, 6) is 1.20. The summed E-state index contributed by atoms with van der Waals surface area (Å²) in [5.41, 5.74) is 5.89. The third-order valence-corrected chi connectivity index (χ3v) is 7.46. The van der Waals surface area contributed by atoms with Crippen molar-refractivity contribution in [1.29, 1.82) is 0 Å². The molecule has 2 aliphatic rings. The van der Waals surface area contributed by atoms with Gasteiger partial charge in [0.05, 0.1) is 11.9 Å². The Morgan fingerprint density at radius 2 is 2.12 bits per heavy atom. The van der Waals surface area contributed by atoms with E-state index in [0.717, 1.165) is 68.0 Å². The fourth-order valence-electron chi connectivity index (χ4n) is 5.32. The highest BCUT2D eigenvalue weighted by Crippen LogP contribution is 2.37. The molecule has 176 valence electrons. The summed E-state index contributed by atoms with van der Waals surface area (Å²) in [6.45, 7) is 10.7. The molecule has 3 aromatic heterocycles. The van der Waals surface area contributed by atoms with Crippen LogP contribution >= 0.6 is 0 Å². The molecular formula is C25H34N6O2. The minimum absolute atomic E-state index is 0.0425. The van der Waals surface area contributed by atoms with Crippen molar-refractivity contribution >= 4 is 22.8 Å². The molecule has 1 saturated heterocycles. The molecule has 1 fully saturated rings. The summed E-state index contributed by atoms with van der Waals surface area (Å²) in [5, 5.41) is 7.81. The molecule has 1 aliphatic heterocycles. The summed E-state index contributed by atoms with van der Waals surface area (Å²) in [6, 6.07) is 1.96. The molecule has 0 aromatic carbocycles. The van der Waals surface area contributed by atoms with Crippen molar-refractivity contribution < 1.29 is 9.53 Å². The van der Waals surface area contributed by atoms with E-state index in [0.29, 0.717) is 23.5 Å². The fourth-order valence-corrected chi connectivity index (χ4v) is 5.32. The van der Waals surface area contributed by atoms with E-state index in [4.69, 9.17) is 9.72 Å². The van der Waals surface area contributed by atoms with E-state index in [1.165, 1.54) is 11.3 Å². The number of carbonyl (C=O) groups is 1. The van der Waals surface area contributed by atoms with E-state index in [1.807, 2.05) is 24.8 Å². The molecule has 8 nitrogen and oxygen atoms in total. The van der Waals surface area contributed by atoms with Gasteiger partial charge in [-0.1, -0.05) is 20.8 Å². The molecule has 1 aliphatic carbocycles. The van der Waals surface area contributed by atoms with E-state index in [9.17, 15) is 4.79 Å². The molecule has 1 unspecified atom stereocenters. The minimum Gasteiger partial charge on any atom is -0.381 e. The first-order valence-corrected chi connectivity index (χ1v) is 12.2. The maximum absolute atomic E-state index is 13.3. The lowest BCUT2D eigenvalue weighted by Gasteiger charge is -2.31. The van der Waals surface area contributed by atoms with Gasteiger partial charge < -0.3 is 14.6 Å². The number of carbonyl (C=O) groups excluding carboxylic acids is 1. The normalized spacial score (nSPS) is 19.4. The maximum atomic E-state index is 13.3. The van der Waals surface area contributed by atoms with Crippen LogP contribution in [0.5, 0.6) is 0 Å². The number of ether oxygens (including phenoxy) is 1.